The molecular weight excluding hydrogens is 324 g/mol. The van der Waals surface area contributed by atoms with Crippen LogP contribution in [0.1, 0.15) is 17.4 Å². The van der Waals surface area contributed by atoms with Crippen LogP contribution in [0.4, 0.5) is 0 Å². The monoisotopic (exact) mass is 348 g/mol. The lowest BCUT2D eigenvalue weighted by molar-refractivity contribution is 0.144. The third-order valence-electron chi connectivity index (χ3n) is 4.16. The zero-order valence-corrected chi connectivity index (χ0v) is 14.8. The van der Waals surface area contributed by atoms with Crippen molar-refractivity contribution in [2.24, 2.45) is 7.05 Å². The summed E-state index contributed by atoms with van der Waals surface area (Å²) in [4.78, 5) is 7.01. The Morgan fingerprint density at radius 3 is 3.08 bits per heavy atom. The Morgan fingerprint density at radius 1 is 1.46 bits per heavy atom. The first-order chi connectivity index (χ1) is 11.3. The summed E-state index contributed by atoms with van der Waals surface area (Å²) in [6.45, 7) is 8.06. The lowest BCUT2D eigenvalue weighted by Crippen LogP contribution is -2.46. The van der Waals surface area contributed by atoms with Crippen molar-refractivity contribution < 1.29 is 4.74 Å². The maximum atomic E-state index is 5.64. The molecular formula is C18H25ClN4O. The largest absolute Gasteiger partial charge is 0.490 e. The van der Waals surface area contributed by atoms with Gasteiger partial charge in [0, 0.05) is 45.6 Å². The number of aromatic nitrogens is 2. The molecule has 0 aliphatic carbocycles. The number of nitrogens with one attached hydrogen (secondary N) is 1. The van der Waals surface area contributed by atoms with Crippen molar-refractivity contribution in [3.05, 3.63) is 60.7 Å². The molecule has 0 bridgehead atoms. The third-order valence-corrected chi connectivity index (χ3v) is 4.16. The maximum Gasteiger partial charge on any atom is 0.127 e. The van der Waals surface area contributed by atoms with Crippen LogP contribution in [0.2, 0.25) is 0 Å². The average Bonchev–Trinajstić information content (AvgIpc) is 3.00. The van der Waals surface area contributed by atoms with Gasteiger partial charge in [0.15, 0.2) is 0 Å². The Morgan fingerprint density at radius 2 is 2.33 bits per heavy atom. The van der Waals surface area contributed by atoms with E-state index in [0.29, 0.717) is 12.6 Å². The number of imidazole rings is 1. The van der Waals surface area contributed by atoms with E-state index >= 15 is 0 Å². The van der Waals surface area contributed by atoms with Crippen LogP contribution in [0, 0.1) is 0 Å². The molecule has 1 N–H and O–H groups in total. The van der Waals surface area contributed by atoms with Gasteiger partial charge in [0.2, 0.25) is 0 Å². The summed E-state index contributed by atoms with van der Waals surface area (Å²) in [5.74, 6) is 2.00. The van der Waals surface area contributed by atoms with Gasteiger partial charge in [0.25, 0.3) is 0 Å². The predicted octanol–water partition coefficient (Wildman–Crippen LogP) is 2.55. The summed E-state index contributed by atoms with van der Waals surface area (Å²) in [5.41, 5.74) is 1.26. The lowest BCUT2D eigenvalue weighted by atomic mass is 10.1. The SMILES string of the molecule is C=CCOc1cccc(CN2CCNCC2c2nccn2C)c1.Cl. The molecule has 0 amide bonds. The van der Waals surface area contributed by atoms with Gasteiger partial charge in [-0.25, -0.2) is 4.98 Å². The van der Waals surface area contributed by atoms with E-state index in [9.17, 15) is 0 Å². The van der Waals surface area contributed by atoms with Crippen molar-refractivity contribution in [1.29, 1.82) is 0 Å². The highest BCUT2D eigenvalue weighted by Crippen LogP contribution is 2.24. The smallest absolute Gasteiger partial charge is 0.127 e. The van der Waals surface area contributed by atoms with Gasteiger partial charge in [-0.15, -0.1) is 12.4 Å². The van der Waals surface area contributed by atoms with Crippen LogP contribution in [0.15, 0.2) is 49.3 Å². The molecule has 0 saturated carbocycles. The molecule has 6 heteroatoms. The topological polar surface area (TPSA) is 42.3 Å². The molecule has 0 spiro atoms. The molecule has 2 heterocycles. The van der Waals surface area contributed by atoms with Gasteiger partial charge in [-0.05, 0) is 17.7 Å². The van der Waals surface area contributed by atoms with Gasteiger partial charge in [-0.3, -0.25) is 4.90 Å². The number of benzene rings is 1. The summed E-state index contributed by atoms with van der Waals surface area (Å²) in [7, 11) is 2.05. The Balaban J connectivity index is 0.00000208. The Hall–Kier alpha value is -1.82. The predicted molar refractivity (Wildman–Crippen MR) is 98.6 cm³/mol. The third kappa shape index (κ3) is 4.38. The standard InChI is InChI=1S/C18H24N4O.ClH/c1-3-11-23-16-6-4-5-15(12-16)14-22-10-7-19-13-17(22)18-20-8-9-21(18)2;/h3-6,8-9,12,17,19H,1,7,10-11,13-14H2,2H3;1H. The fraction of sp³-hybridized carbons (Fsp3) is 0.389. The average molecular weight is 349 g/mol. The normalized spacial score (nSPS) is 18.0. The fourth-order valence-electron chi connectivity index (χ4n) is 3.01. The minimum Gasteiger partial charge on any atom is -0.490 e. The summed E-state index contributed by atoms with van der Waals surface area (Å²) in [6.07, 6.45) is 5.64. The maximum absolute atomic E-state index is 5.64. The van der Waals surface area contributed by atoms with Crippen molar-refractivity contribution in [3.63, 3.8) is 0 Å². The number of piperazine rings is 1. The highest BCUT2D eigenvalue weighted by molar-refractivity contribution is 5.85. The summed E-state index contributed by atoms with van der Waals surface area (Å²) >= 11 is 0. The van der Waals surface area contributed by atoms with Crippen LogP contribution < -0.4 is 10.1 Å². The van der Waals surface area contributed by atoms with E-state index in [0.717, 1.165) is 37.8 Å². The number of rotatable bonds is 6. The molecule has 2 aromatic rings. The first-order valence-corrected chi connectivity index (χ1v) is 8.02. The molecule has 1 saturated heterocycles. The second-order valence-electron chi connectivity index (χ2n) is 5.83. The van der Waals surface area contributed by atoms with Crippen molar-refractivity contribution in [2.75, 3.05) is 26.2 Å². The Labute approximate surface area is 149 Å². The quantitative estimate of drug-likeness (QED) is 0.815. The van der Waals surface area contributed by atoms with Crippen LogP contribution >= 0.6 is 12.4 Å². The van der Waals surface area contributed by atoms with Crippen LogP contribution in [-0.2, 0) is 13.6 Å². The zero-order valence-electron chi connectivity index (χ0n) is 14.0. The van der Waals surface area contributed by atoms with E-state index in [-0.39, 0.29) is 12.4 Å². The highest BCUT2D eigenvalue weighted by atomic mass is 35.5. The lowest BCUT2D eigenvalue weighted by Gasteiger charge is -2.35. The second kappa shape index (κ2) is 8.87. The molecule has 1 aromatic heterocycles. The van der Waals surface area contributed by atoms with E-state index in [2.05, 4.69) is 45.5 Å². The number of aryl methyl sites for hydroxylation is 1. The molecule has 1 unspecified atom stereocenters. The van der Waals surface area contributed by atoms with Crippen molar-refractivity contribution in [2.45, 2.75) is 12.6 Å². The number of hydrogen-bond acceptors (Lipinski definition) is 4. The molecule has 5 nitrogen and oxygen atoms in total. The fourth-order valence-corrected chi connectivity index (χ4v) is 3.01. The van der Waals surface area contributed by atoms with E-state index in [1.807, 2.05) is 24.5 Å². The first-order valence-electron chi connectivity index (χ1n) is 8.02. The molecule has 1 atom stereocenters. The van der Waals surface area contributed by atoms with Crippen LogP contribution in [0.3, 0.4) is 0 Å². The van der Waals surface area contributed by atoms with Gasteiger partial charge >= 0.3 is 0 Å². The number of ether oxygens (including phenoxy) is 1. The van der Waals surface area contributed by atoms with E-state index in [1.54, 1.807) is 6.08 Å². The Kier molecular flexibility index (Phi) is 6.85. The summed E-state index contributed by atoms with van der Waals surface area (Å²) in [6, 6.07) is 8.59. The van der Waals surface area contributed by atoms with Gasteiger partial charge in [-0.2, -0.15) is 0 Å². The van der Waals surface area contributed by atoms with Crippen LogP contribution in [0.5, 0.6) is 5.75 Å². The van der Waals surface area contributed by atoms with Crippen LogP contribution in [-0.4, -0.2) is 40.7 Å². The van der Waals surface area contributed by atoms with Crippen molar-refractivity contribution in [3.8, 4) is 5.75 Å². The minimum atomic E-state index is 0. The number of halogens is 1. The minimum absolute atomic E-state index is 0. The molecule has 1 aliphatic heterocycles. The second-order valence-corrected chi connectivity index (χ2v) is 5.83. The molecule has 130 valence electrons. The van der Waals surface area contributed by atoms with Gasteiger partial charge in [0.1, 0.15) is 18.2 Å². The first kappa shape index (κ1) is 18.5. The van der Waals surface area contributed by atoms with E-state index in [1.165, 1.54) is 5.56 Å². The van der Waals surface area contributed by atoms with Crippen LogP contribution in [0.25, 0.3) is 0 Å². The van der Waals surface area contributed by atoms with E-state index < -0.39 is 0 Å². The van der Waals surface area contributed by atoms with Crippen molar-refractivity contribution >= 4 is 12.4 Å². The highest BCUT2D eigenvalue weighted by Gasteiger charge is 2.26. The molecule has 0 radical (unpaired) electrons. The molecule has 3 rings (SSSR count). The van der Waals surface area contributed by atoms with Gasteiger partial charge in [-0.1, -0.05) is 24.8 Å². The van der Waals surface area contributed by atoms with E-state index in [4.69, 9.17) is 4.74 Å². The number of hydrogen-bond donors (Lipinski definition) is 1. The van der Waals surface area contributed by atoms with Gasteiger partial charge in [0.05, 0.1) is 6.04 Å². The Bertz CT molecular complexity index is 658. The zero-order chi connectivity index (χ0) is 16.1. The molecule has 1 aromatic carbocycles. The van der Waals surface area contributed by atoms with Crippen molar-refractivity contribution in [1.82, 2.24) is 19.8 Å². The summed E-state index contributed by atoms with van der Waals surface area (Å²) < 4.78 is 7.74. The summed E-state index contributed by atoms with van der Waals surface area (Å²) in [5, 5.41) is 3.47. The molecule has 1 fully saturated rings. The molecule has 24 heavy (non-hydrogen) atoms. The molecule has 1 aliphatic rings. The van der Waals surface area contributed by atoms with Gasteiger partial charge < -0.3 is 14.6 Å². The number of nitrogens with zero attached hydrogens (tertiary/aromatic N) is 3.